The van der Waals surface area contributed by atoms with E-state index in [1.807, 2.05) is 56.3 Å². The molecule has 0 amide bonds. The fourth-order valence-corrected chi connectivity index (χ4v) is 4.26. The van der Waals surface area contributed by atoms with E-state index in [1.165, 1.54) is 0 Å². The third-order valence-corrected chi connectivity index (χ3v) is 5.88. The average molecular weight is 287 g/mol. The van der Waals surface area contributed by atoms with Gasteiger partial charge < -0.3 is 0 Å². The van der Waals surface area contributed by atoms with Crippen LogP contribution < -0.4 is 0 Å². The molecular weight excluding hydrogens is 270 g/mol. The van der Waals surface area contributed by atoms with Crippen LogP contribution in [0.1, 0.15) is 18.1 Å². The quantitative estimate of drug-likeness (QED) is 0.814. The normalized spacial score (nSPS) is 25.4. The number of hydrogen-bond acceptors (Lipinski definition) is 2. The summed E-state index contributed by atoms with van der Waals surface area (Å²) in [4.78, 5) is 0.364. The van der Waals surface area contributed by atoms with Gasteiger partial charge in [0, 0.05) is 6.54 Å². The highest BCUT2D eigenvalue weighted by Gasteiger charge is 2.56. The molecule has 0 aliphatic carbocycles. The van der Waals surface area contributed by atoms with Crippen molar-refractivity contribution in [1.82, 2.24) is 4.31 Å². The Morgan fingerprint density at radius 2 is 1.60 bits per heavy atom. The number of sulfonamides is 1. The van der Waals surface area contributed by atoms with Gasteiger partial charge in [0.1, 0.15) is 0 Å². The zero-order valence-electron chi connectivity index (χ0n) is 11.6. The van der Waals surface area contributed by atoms with E-state index in [2.05, 4.69) is 0 Å². The molecule has 1 aliphatic heterocycles. The molecule has 0 saturated carbocycles. The van der Waals surface area contributed by atoms with Crippen LogP contribution in [-0.4, -0.2) is 19.3 Å². The molecule has 20 heavy (non-hydrogen) atoms. The third-order valence-electron chi connectivity index (χ3n) is 3.90. The summed E-state index contributed by atoms with van der Waals surface area (Å²) in [5, 5.41) is 0. The summed E-state index contributed by atoms with van der Waals surface area (Å²) in [6.07, 6.45) is 0. The highest BCUT2D eigenvalue weighted by atomic mass is 32.2. The summed E-state index contributed by atoms with van der Waals surface area (Å²) in [6.45, 7) is 4.45. The molecule has 1 heterocycles. The van der Waals surface area contributed by atoms with E-state index in [4.69, 9.17) is 0 Å². The van der Waals surface area contributed by atoms with Gasteiger partial charge in [-0.05, 0) is 31.5 Å². The third kappa shape index (κ3) is 2.05. The maximum atomic E-state index is 12.6. The number of nitrogens with zero attached hydrogens (tertiary/aromatic N) is 1. The van der Waals surface area contributed by atoms with E-state index < -0.39 is 15.6 Å². The summed E-state index contributed by atoms with van der Waals surface area (Å²) in [5.41, 5.74) is 1.68. The van der Waals surface area contributed by atoms with Crippen molar-refractivity contribution in [1.29, 1.82) is 0 Å². The Kier molecular flexibility index (Phi) is 2.96. The molecule has 0 spiro atoms. The standard InChI is InChI=1S/C16H17NO2S/c1-13-8-10-15(11-9-13)20(18,19)17-12-16(17,2)14-6-4-3-5-7-14/h3-11H,12H2,1-2H3. The molecule has 3 nitrogen and oxygen atoms in total. The maximum Gasteiger partial charge on any atom is 0.243 e. The Morgan fingerprint density at radius 3 is 2.20 bits per heavy atom. The lowest BCUT2D eigenvalue weighted by molar-refractivity contribution is 0.523. The van der Waals surface area contributed by atoms with E-state index in [1.54, 1.807) is 16.4 Å². The summed E-state index contributed by atoms with van der Waals surface area (Å²) in [5.74, 6) is 0. The van der Waals surface area contributed by atoms with Gasteiger partial charge in [0.2, 0.25) is 10.0 Å². The van der Waals surface area contributed by atoms with Crippen LogP contribution in [0.15, 0.2) is 59.5 Å². The van der Waals surface area contributed by atoms with Crippen molar-refractivity contribution in [3.05, 3.63) is 65.7 Å². The minimum atomic E-state index is -3.40. The SMILES string of the molecule is Cc1ccc(S(=O)(=O)N2CC2(C)c2ccccc2)cc1. The van der Waals surface area contributed by atoms with Crippen molar-refractivity contribution in [2.75, 3.05) is 6.54 Å². The first-order chi connectivity index (χ1) is 9.44. The molecule has 0 aromatic heterocycles. The summed E-state index contributed by atoms with van der Waals surface area (Å²) in [7, 11) is -3.40. The Labute approximate surface area is 119 Å². The molecule has 4 heteroatoms. The predicted octanol–water partition coefficient (Wildman–Crippen LogP) is 2.91. The van der Waals surface area contributed by atoms with Gasteiger partial charge in [-0.1, -0.05) is 48.0 Å². The molecule has 0 bridgehead atoms. The molecule has 2 atom stereocenters. The maximum absolute atomic E-state index is 12.6. The number of hydrogen-bond donors (Lipinski definition) is 0. The highest BCUT2D eigenvalue weighted by molar-refractivity contribution is 7.89. The molecule has 3 rings (SSSR count). The van der Waals surface area contributed by atoms with Crippen LogP contribution in [0, 0.1) is 6.92 Å². The lowest BCUT2D eigenvalue weighted by atomic mass is 10.0. The van der Waals surface area contributed by atoms with Gasteiger partial charge in [0.25, 0.3) is 0 Å². The first kappa shape index (κ1) is 13.3. The van der Waals surface area contributed by atoms with Crippen molar-refractivity contribution in [2.45, 2.75) is 24.3 Å². The van der Waals surface area contributed by atoms with Gasteiger partial charge in [-0.3, -0.25) is 0 Å². The molecule has 1 saturated heterocycles. The summed E-state index contributed by atoms with van der Waals surface area (Å²) in [6, 6.07) is 16.8. The Hall–Kier alpha value is -1.65. The molecule has 0 N–H and O–H groups in total. The molecule has 2 aromatic carbocycles. The highest BCUT2D eigenvalue weighted by Crippen LogP contribution is 2.46. The second kappa shape index (κ2) is 4.43. The van der Waals surface area contributed by atoms with Crippen LogP contribution in [0.2, 0.25) is 0 Å². The minimum Gasteiger partial charge on any atom is -0.207 e. The van der Waals surface area contributed by atoms with Crippen molar-refractivity contribution in [3.8, 4) is 0 Å². The van der Waals surface area contributed by atoms with Crippen molar-refractivity contribution >= 4 is 10.0 Å². The van der Waals surface area contributed by atoms with Crippen LogP contribution in [0.25, 0.3) is 0 Å². The number of aryl methyl sites for hydroxylation is 1. The van der Waals surface area contributed by atoms with Gasteiger partial charge in [-0.15, -0.1) is 0 Å². The zero-order chi connectivity index (χ0) is 14.4. The van der Waals surface area contributed by atoms with E-state index in [0.717, 1.165) is 11.1 Å². The van der Waals surface area contributed by atoms with Crippen molar-refractivity contribution in [3.63, 3.8) is 0 Å². The first-order valence-corrected chi connectivity index (χ1v) is 8.04. The Morgan fingerprint density at radius 1 is 1.00 bits per heavy atom. The predicted molar refractivity (Wildman–Crippen MR) is 78.9 cm³/mol. The fraction of sp³-hybridized carbons (Fsp3) is 0.250. The van der Waals surface area contributed by atoms with Crippen LogP contribution in [0.4, 0.5) is 0 Å². The van der Waals surface area contributed by atoms with Gasteiger partial charge in [0.05, 0.1) is 10.4 Å². The first-order valence-electron chi connectivity index (χ1n) is 6.60. The second-order valence-electron chi connectivity index (χ2n) is 5.46. The molecule has 2 aromatic rings. The van der Waals surface area contributed by atoms with Gasteiger partial charge in [0.15, 0.2) is 0 Å². The number of rotatable bonds is 3. The lowest BCUT2D eigenvalue weighted by Gasteiger charge is -2.13. The summed E-state index contributed by atoms with van der Waals surface area (Å²) < 4.78 is 26.8. The smallest absolute Gasteiger partial charge is 0.207 e. The van der Waals surface area contributed by atoms with E-state index >= 15 is 0 Å². The van der Waals surface area contributed by atoms with Gasteiger partial charge >= 0.3 is 0 Å². The molecule has 1 aliphatic rings. The Bertz CT molecular complexity index is 723. The monoisotopic (exact) mass is 287 g/mol. The van der Waals surface area contributed by atoms with E-state index in [9.17, 15) is 8.42 Å². The minimum absolute atomic E-state index is 0.364. The zero-order valence-corrected chi connectivity index (χ0v) is 12.4. The second-order valence-corrected chi connectivity index (χ2v) is 7.33. The van der Waals surface area contributed by atoms with Crippen LogP contribution in [0.3, 0.4) is 0 Å². The van der Waals surface area contributed by atoms with Gasteiger partial charge in [-0.25, -0.2) is 8.42 Å². The largest absolute Gasteiger partial charge is 0.243 e. The molecule has 1 fully saturated rings. The molecular formula is C16H17NO2S. The number of benzene rings is 2. The lowest BCUT2D eigenvalue weighted by Crippen LogP contribution is -2.19. The molecule has 104 valence electrons. The van der Waals surface area contributed by atoms with Crippen molar-refractivity contribution < 1.29 is 8.42 Å². The van der Waals surface area contributed by atoms with Crippen molar-refractivity contribution in [2.24, 2.45) is 0 Å². The topological polar surface area (TPSA) is 37.1 Å². The van der Waals surface area contributed by atoms with Gasteiger partial charge in [-0.2, -0.15) is 4.31 Å². The fourth-order valence-electron chi connectivity index (χ4n) is 2.46. The average Bonchev–Trinajstić information content (AvgIpc) is 3.15. The molecule has 2 unspecified atom stereocenters. The van der Waals surface area contributed by atoms with E-state index in [-0.39, 0.29) is 0 Å². The van der Waals surface area contributed by atoms with Crippen LogP contribution in [0.5, 0.6) is 0 Å². The van der Waals surface area contributed by atoms with Crippen LogP contribution in [-0.2, 0) is 15.6 Å². The molecule has 0 radical (unpaired) electrons. The Balaban J connectivity index is 1.94. The summed E-state index contributed by atoms with van der Waals surface area (Å²) >= 11 is 0. The van der Waals surface area contributed by atoms with Crippen LogP contribution >= 0.6 is 0 Å². The van der Waals surface area contributed by atoms with E-state index in [0.29, 0.717) is 11.4 Å².